The lowest BCUT2D eigenvalue weighted by molar-refractivity contribution is -0.139. The van der Waals surface area contributed by atoms with Crippen LogP contribution in [0.5, 0.6) is 0 Å². The van der Waals surface area contributed by atoms with Crippen molar-refractivity contribution in [3.8, 4) is 0 Å². The highest BCUT2D eigenvalue weighted by Gasteiger charge is 2.39. The lowest BCUT2D eigenvalue weighted by Crippen LogP contribution is -2.54. The van der Waals surface area contributed by atoms with Gasteiger partial charge in [0.2, 0.25) is 5.91 Å². The molecule has 1 unspecified atom stereocenters. The van der Waals surface area contributed by atoms with Crippen LogP contribution in [0.2, 0.25) is 0 Å². The standard InChI is InChI=1S/C15H23N3O/c1-12(2)18(11-13-7-4-5-9-16-13)14(19)15(3)8-6-10-17-15/h4-5,7,9,12,17H,6,8,10-11H2,1-3H3. The first-order chi connectivity index (χ1) is 9.03. The number of amides is 1. The number of nitrogens with one attached hydrogen (secondary N) is 1. The fourth-order valence-corrected chi connectivity index (χ4v) is 2.55. The zero-order valence-electron chi connectivity index (χ0n) is 12.0. The van der Waals surface area contributed by atoms with Gasteiger partial charge in [-0.3, -0.25) is 9.78 Å². The van der Waals surface area contributed by atoms with Gasteiger partial charge < -0.3 is 10.2 Å². The van der Waals surface area contributed by atoms with Crippen LogP contribution in [0.3, 0.4) is 0 Å². The Bertz CT molecular complexity index is 424. The molecule has 1 saturated heterocycles. The third kappa shape index (κ3) is 3.13. The summed E-state index contributed by atoms with van der Waals surface area (Å²) in [7, 11) is 0. The maximum atomic E-state index is 12.7. The molecule has 4 nitrogen and oxygen atoms in total. The Balaban J connectivity index is 2.14. The number of carbonyl (C=O) groups excluding carboxylic acids is 1. The van der Waals surface area contributed by atoms with Crippen molar-refractivity contribution in [3.05, 3.63) is 30.1 Å². The Labute approximate surface area is 115 Å². The number of pyridine rings is 1. The van der Waals surface area contributed by atoms with Crippen LogP contribution in [0.25, 0.3) is 0 Å². The molecule has 0 spiro atoms. The van der Waals surface area contributed by atoms with E-state index in [2.05, 4.69) is 24.1 Å². The van der Waals surface area contributed by atoms with E-state index in [1.165, 1.54) is 0 Å². The second-order valence-electron chi connectivity index (χ2n) is 5.71. The molecule has 1 aromatic rings. The molecule has 1 N–H and O–H groups in total. The maximum Gasteiger partial charge on any atom is 0.243 e. The van der Waals surface area contributed by atoms with E-state index in [9.17, 15) is 4.79 Å². The van der Waals surface area contributed by atoms with Crippen LogP contribution in [-0.2, 0) is 11.3 Å². The van der Waals surface area contributed by atoms with Crippen LogP contribution in [0.4, 0.5) is 0 Å². The van der Waals surface area contributed by atoms with Crippen molar-refractivity contribution < 1.29 is 4.79 Å². The quantitative estimate of drug-likeness (QED) is 0.901. The van der Waals surface area contributed by atoms with Crippen LogP contribution in [0.15, 0.2) is 24.4 Å². The van der Waals surface area contributed by atoms with Gasteiger partial charge in [0, 0.05) is 12.2 Å². The topological polar surface area (TPSA) is 45.2 Å². The zero-order valence-corrected chi connectivity index (χ0v) is 12.0. The summed E-state index contributed by atoms with van der Waals surface area (Å²) in [6, 6.07) is 5.99. The molecule has 1 aliphatic heterocycles. The molecule has 4 heteroatoms. The highest BCUT2D eigenvalue weighted by molar-refractivity contribution is 5.86. The molecule has 1 aromatic heterocycles. The van der Waals surface area contributed by atoms with Crippen molar-refractivity contribution in [2.75, 3.05) is 6.54 Å². The monoisotopic (exact) mass is 261 g/mol. The summed E-state index contributed by atoms with van der Waals surface area (Å²) in [4.78, 5) is 19.0. The Morgan fingerprint density at radius 1 is 1.53 bits per heavy atom. The van der Waals surface area contributed by atoms with E-state index in [-0.39, 0.29) is 11.9 Å². The minimum atomic E-state index is -0.404. The van der Waals surface area contributed by atoms with E-state index in [0.29, 0.717) is 6.54 Å². The SMILES string of the molecule is CC(C)N(Cc1ccccn1)C(=O)C1(C)CCCN1. The largest absolute Gasteiger partial charge is 0.333 e. The van der Waals surface area contributed by atoms with Gasteiger partial charge in [-0.15, -0.1) is 0 Å². The molecule has 1 aliphatic rings. The Kier molecular flexibility index (Phi) is 4.20. The lowest BCUT2D eigenvalue weighted by Gasteiger charge is -2.34. The molecule has 104 valence electrons. The number of hydrogen-bond donors (Lipinski definition) is 1. The normalized spacial score (nSPS) is 22.7. The highest BCUT2D eigenvalue weighted by atomic mass is 16.2. The lowest BCUT2D eigenvalue weighted by atomic mass is 9.97. The number of carbonyl (C=O) groups is 1. The predicted molar refractivity (Wildman–Crippen MR) is 75.6 cm³/mol. The van der Waals surface area contributed by atoms with E-state index < -0.39 is 5.54 Å². The van der Waals surface area contributed by atoms with Crippen LogP contribution in [0.1, 0.15) is 39.3 Å². The molecule has 19 heavy (non-hydrogen) atoms. The Morgan fingerprint density at radius 3 is 2.84 bits per heavy atom. The summed E-state index contributed by atoms with van der Waals surface area (Å²) >= 11 is 0. The van der Waals surface area contributed by atoms with Gasteiger partial charge >= 0.3 is 0 Å². The average Bonchev–Trinajstić information content (AvgIpc) is 2.84. The third-order valence-corrected chi connectivity index (χ3v) is 3.78. The molecule has 0 bridgehead atoms. The summed E-state index contributed by atoms with van der Waals surface area (Å²) in [5.74, 6) is 0.186. The molecule has 1 amide bonds. The van der Waals surface area contributed by atoms with Crippen molar-refractivity contribution >= 4 is 5.91 Å². The summed E-state index contributed by atoms with van der Waals surface area (Å²) in [6.07, 6.45) is 3.75. The van der Waals surface area contributed by atoms with Crippen LogP contribution < -0.4 is 5.32 Å². The molecule has 1 fully saturated rings. The predicted octanol–water partition coefficient (Wildman–Crippen LogP) is 1.96. The van der Waals surface area contributed by atoms with Gasteiger partial charge in [-0.25, -0.2) is 0 Å². The van der Waals surface area contributed by atoms with Crippen molar-refractivity contribution in [3.63, 3.8) is 0 Å². The molecular weight excluding hydrogens is 238 g/mol. The first-order valence-electron chi connectivity index (χ1n) is 6.99. The van der Waals surface area contributed by atoms with Crippen molar-refractivity contribution in [1.29, 1.82) is 0 Å². The Morgan fingerprint density at radius 2 is 2.32 bits per heavy atom. The van der Waals surface area contributed by atoms with E-state index in [0.717, 1.165) is 25.1 Å². The fraction of sp³-hybridized carbons (Fsp3) is 0.600. The summed E-state index contributed by atoms with van der Waals surface area (Å²) in [5, 5.41) is 3.34. The second kappa shape index (κ2) is 5.70. The summed E-state index contributed by atoms with van der Waals surface area (Å²) < 4.78 is 0. The van der Waals surface area contributed by atoms with Gasteiger partial charge in [0.25, 0.3) is 0 Å². The molecule has 2 heterocycles. The van der Waals surface area contributed by atoms with Crippen molar-refractivity contribution in [2.45, 2.75) is 51.7 Å². The second-order valence-corrected chi connectivity index (χ2v) is 5.71. The van der Waals surface area contributed by atoms with E-state index in [1.54, 1.807) is 6.20 Å². The van der Waals surface area contributed by atoms with Crippen molar-refractivity contribution in [1.82, 2.24) is 15.2 Å². The van der Waals surface area contributed by atoms with Gasteiger partial charge in [0.05, 0.1) is 17.8 Å². The zero-order chi connectivity index (χ0) is 13.9. The van der Waals surface area contributed by atoms with Crippen LogP contribution >= 0.6 is 0 Å². The number of nitrogens with zero attached hydrogens (tertiary/aromatic N) is 2. The third-order valence-electron chi connectivity index (χ3n) is 3.78. The van der Waals surface area contributed by atoms with E-state index in [4.69, 9.17) is 0 Å². The van der Waals surface area contributed by atoms with Gasteiger partial charge in [-0.1, -0.05) is 6.07 Å². The van der Waals surface area contributed by atoms with Gasteiger partial charge in [0.1, 0.15) is 0 Å². The van der Waals surface area contributed by atoms with Crippen LogP contribution in [0, 0.1) is 0 Å². The molecule has 0 radical (unpaired) electrons. The van der Waals surface area contributed by atoms with Crippen molar-refractivity contribution in [2.24, 2.45) is 0 Å². The molecule has 1 atom stereocenters. The van der Waals surface area contributed by atoms with Gasteiger partial charge in [-0.05, 0) is 52.3 Å². The summed E-state index contributed by atoms with van der Waals surface area (Å²) in [6.45, 7) is 7.63. The van der Waals surface area contributed by atoms with Gasteiger partial charge in [-0.2, -0.15) is 0 Å². The van der Waals surface area contributed by atoms with E-state index in [1.807, 2.05) is 30.0 Å². The molecule has 0 saturated carbocycles. The molecule has 0 aromatic carbocycles. The first kappa shape index (κ1) is 14.0. The number of hydrogen-bond acceptors (Lipinski definition) is 3. The Hall–Kier alpha value is -1.42. The molecule has 0 aliphatic carbocycles. The highest BCUT2D eigenvalue weighted by Crippen LogP contribution is 2.23. The van der Waals surface area contributed by atoms with Crippen LogP contribution in [-0.4, -0.2) is 33.9 Å². The number of rotatable bonds is 4. The fourth-order valence-electron chi connectivity index (χ4n) is 2.55. The van der Waals surface area contributed by atoms with Gasteiger partial charge in [0.15, 0.2) is 0 Å². The first-order valence-corrected chi connectivity index (χ1v) is 6.99. The summed E-state index contributed by atoms with van der Waals surface area (Å²) in [5.41, 5.74) is 0.533. The smallest absolute Gasteiger partial charge is 0.243 e. The molecule has 2 rings (SSSR count). The minimum absolute atomic E-state index is 0.175. The maximum absolute atomic E-state index is 12.7. The van der Waals surface area contributed by atoms with E-state index >= 15 is 0 Å². The minimum Gasteiger partial charge on any atom is -0.333 e. The number of aromatic nitrogens is 1. The molecular formula is C15H23N3O. The average molecular weight is 261 g/mol.